The van der Waals surface area contributed by atoms with Crippen molar-refractivity contribution in [1.29, 1.82) is 0 Å². The normalized spacial score (nSPS) is 13.5. The van der Waals surface area contributed by atoms with Gasteiger partial charge in [-0.3, -0.25) is 0 Å². The van der Waals surface area contributed by atoms with Crippen LogP contribution >= 0.6 is 0 Å². The monoisotopic (exact) mass is 232 g/mol. The lowest BCUT2D eigenvalue weighted by Gasteiger charge is -2.19. The summed E-state index contributed by atoms with van der Waals surface area (Å²) in [7, 11) is 0. The van der Waals surface area contributed by atoms with E-state index in [4.69, 9.17) is 0 Å². The highest BCUT2D eigenvalue weighted by atomic mass is 15.3. The predicted octanol–water partition coefficient (Wildman–Crippen LogP) is 2.41. The van der Waals surface area contributed by atoms with Crippen molar-refractivity contribution in [2.24, 2.45) is 0 Å². The maximum atomic E-state index is 4.46. The minimum Gasteiger partial charge on any atom is -0.308 e. The standard InChI is InChI=1S/C13H20N4/c1-8(2)15-10(4)12-7-14-13-6-9(3)16-17(13)11(12)5/h6-8,10,15H,1-5H3. The Balaban J connectivity index is 2.44. The summed E-state index contributed by atoms with van der Waals surface area (Å²) in [5.74, 6) is 0. The fourth-order valence-electron chi connectivity index (χ4n) is 2.19. The molecule has 0 radical (unpaired) electrons. The fraction of sp³-hybridized carbons (Fsp3) is 0.538. The highest BCUT2D eigenvalue weighted by molar-refractivity contribution is 5.42. The van der Waals surface area contributed by atoms with Gasteiger partial charge >= 0.3 is 0 Å². The van der Waals surface area contributed by atoms with Gasteiger partial charge in [-0.2, -0.15) is 5.10 Å². The minimum atomic E-state index is 0.288. The van der Waals surface area contributed by atoms with Crippen LogP contribution < -0.4 is 5.32 Å². The summed E-state index contributed by atoms with van der Waals surface area (Å²) >= 11 is 0. The van der Waals surface area contributed by atoms with Crippen molar-refractivity contribution >= 4 is 5.65 Å². The van der Waals surface area contributed by atoms with Gasteiger partial charge in [-0.05, 0) is 20.8 Å². The molecule has 4 nitrogen and oxygen atoms in total. The number of hydrogen-bond acceptors (Lipinski definition) is 3. The first-order chi connectivity index (χ1) is 7.99. The average molecular weight is 232 g/mol. The van der Waals surface area contributed by atoms with E-state index in [1.807, 2.05) is 23.7 Å². The van der Waals surface area contributed by atoms with Crippen LogP contribution in [-0.2, 0) is 0 Å². The Kier molecular flexibility index (Phi) is 3.15. The van der Waals surface area contributed by atoms with Gasteiger partial charge in [0.1, 0.15) is 0 Å². The van der Waals surface area contributed by atoms with Crippen LogP contribution in [0.2, 0.25) is 0 Å². The molecule has 17 heavy (non-hydrogen) atoms. The molecule has 92 valence electrons. The summed E-state index contributed by atoms with van der Waals surface area (Å²) in [6.45, 7) is 10.5. The maximum absolute atomic E-state index is 4.46. The van der Waals surface area contributed by atoms with E-state index >= 15 is 0 Å². The van der Waals surface area contributed by atoms with Gasteiger partial charge in [0.05, 0.1) is 5.69 Å². The molecule has 0 amide bonds. The minimum absolute atomic E-state index is 0.288. The van der Waals surface area contributed by atoms with Crippen LogP contribution in [0, 0.1) is 13.8 Å². The summed E-state index contributed by atoms with van der Waals surface area (Å²) in [6.07, 6.45) is 1.95. The van der Waals surface area contributed by atoms with Crippen LogP contribution in [-0.4, -0.2) is 20.6 Å². The molecule has 0 aliphatic carbocycles. The Bertz CT molecular complexity index is 527. The van der Waals surface area contributed by atoms with E-state index in [1.54, 1.807) is 0 Å². The molecule has 0 saturated heterocycles. The molecule has 0 saturated carbocycles. The number of aryl methyl sites for hydroxylation is 2. The fourth-order valence-corrected chi connectivity index (χ4v) is 2.19. The summed E-state index contributed by atoms with van der Waals surface area (Å²) in [4.78, 5) is 4.45. The quantitative estimate of drug-likeness (QED) is 0.883. The molecular formula is C13H20N4. The van der Waals surface area contributed by atoms with Crippen molar-refractivity contribution in [1.82, 2.24) is 19.9 Å². The van der Waals surface area contributed by atoms with Gasteiger partial charge in [-0.15, -0.1) is 0 Å². The van der Waals surface area contributed by atoms with Crippen molar-refractivity contribution in [2.75, 3.05) is 0 Å². The molecule has 4 heteroatoms. The van der Waals surface area contributed by atoms with Gasteiger partial charge in [-0.1, -0.05) is 13.8 Å². The first-order valence-electron chi connectivity index (χ1n) is 6.07. The number of rotatable bonds is 3. The largest absolute Gasteiger partial charge is 0.308 e. The molecule has 2 aromatic heterocycles. The third kappa shape index (κ3) is 2.31. The van der Waals surface area contributed by atoms with Gasteiger partial charge in [-0.25, -0.2) is 9.50 Å². The summed E-state index contributed by atoms with van der Waals surface area (Å²) in [6, 6.07) is 2.74. The van der Waals surface area contributed by atoms with Crippen LogP contribution in [0.1, 0.15) is 43.8 Å². The SMILES string of the molecule is Cc1cc2ncc(C(C)NC(C)C)c(C)n2n1. The van der Waals surface area contributed by atoms with E-state index in [1.165, 1.54) is 5.56 Å². The third-order valence-corrected chi connectivity index (χ3v) is 2.93. The van der Waals surface area contributed by atoms with Crippen molar-refractivity contribution in [3.63, 3.8) is 0 Å². The van der Waals surface area contributed by atoms with Gasteiger partial charge in [0.2, 0.25) is 0 Å². The number of nitrogens with one attached hydrogen (secondary N) is 1. The first-order valence-corrected chi connectivity index (χ1v) is 6.07. The summed E-state index contributed by atoms with van der Waals surface area (Å²) in [5.41, 5.74) is 4.28. The lowest BCUT2D eigenvalue weighted by molar-refractivity contribution is 0.500. The molecule has 0 aliphatic rings. The maximum Gasteiger partial charge on any atom is 0.155 e. The van der Waals surface area contributed by atoms with Crippen molar-refractivity contribution < 1.29 is 0 Å². The molecule has 2 rings (SSSR count). The average Bonchev–Trinajstić information content (AvgIpc) is 2.58. The highest BCUT2D eigenvalue weighted by Crippen LogP contribution is 2.18. The zero-order chi connectivity index (χ0) is 12.6. The Hall–Kier alpha value is -1.42. The predicted molar refractivity (Wildman–Crippen MR) is 69.1 cm³/mol. The molecule has 1 unspecified atom stereocenters. The molecule has 1 atom stereocenters. The Morgan fingerprint density at radius 3 is 2.59 bits per heavy atom. The summed E-state index contributed by atoms with van der Waals surface area (Å²) < 4.78 is 1.92. The van der Waals surface area contributed by atoms with Crippen LogP contribution in [0.25, 0.3) is 5.65 Å². The van der Waals surface area contributed by atoms with Gasteiger partial charge in [0.25, 0.3) is 0 Å². The van der Waals surface area contributed by atoms with Crippen molar-refractivity contribution in [2.45, 2.75) is 46.7 Å². The number of nitrogens with zero attached hydrogens (tertiary/aromatic N) is 3. The Morgan fingerprint density at radius 2 is 1.94 bits per heavy atom. The molecule has 0 aliphatic heterocycles. The lowest BCUT2D eigenvalue weighted by atomic mass is 10.1. The topological polar surface area (TPSA) is 42.2 Å². The third-order valence-electron chi connectivity index (χ3n) is 2.93. The Morgan fingerprint density at radius 1 is 1.24 bits per heavy atom. The number of aromatic nitrogens is 3. The van der Waals surface area contributed by atoms with Crippen molar-refractivity contribution in [3.05, 3.63) is 29.2 Å². The summed E-state index contributed by atoms with van der Waals surface area (Å²) in [5, 5.41) is 7.95. The number of fused-ring (bicyclic) bond motifs is 1. The van der Waals surface area contributed by atoms with Gasteiger partial charge < -0.3 is 5.32 Å². The second kappa shape index (κ2) is 4.45. The van der Waals surface area contributed by atoms with Crippen LogP contribution in [0.5, 0.6) is 0 Å². The lowest BCUT2D eigenvalue weighted by Crippen LogP contribution is -2.27. The van der Waals surface area contributed by atoms with Crippen LogP contribution in [0.3, 0.4) is 0 Å². The molecule has 0 fully saturated rings. The second-order valence-electron chi connectivity index (χ2n) is 4.90. The van der Waals surface area contributed by atoms with E-state index in [2.05, 4.69) is 43.1 Å². The van der Waals surface area contributed by atoms with E-state index in [-0.39, 0.29) is 6.04 Å². The molecule has 0 aromatic carbocycles. The zero-order valence-electron chi connectivity index (χ0n) is 11.2. The van der Waals surface area contributed by atoms with E-state index in [0.717, 1.165) is 17.0 Å². The molecule has 2 heterocycles. The smallest absolute Gasteiger partial charge is 0.155 e. The molecular weight excluding hydrogens is 212 g/mol. The van der Waals surface area contributed by atoms with E-state index in [0.29, 0.717) is 6.04 Å². The zero-order valence-corrected chi connectivity index (χ0v) is 11.2. The molecule has 2 aromatic rings. The highest BCUT2D eigenvalue weighted by Gasteiger charge is 2.13. The van der Waals surface area contributed by atoms with E-state index < -0.39 is 0 Å². The Labute approximate surface area is 102 Å². The van der Waals surface area contributed by atoms with Crippen molar-refractivity contribution in [3.8, 4) is 0 Å². The molecule has 1 N–H and O–H groups in total. The molecule has 0 spiro atoms. The van der Waals surface area contributed by atoms with Crippen LogP contribution in [0.4, 0.5) is 0 Å². The van der Waals surface area contributed by atoms with E-state index in [9.17, 15) is 0 Å². The first kappa shape index (κ1) is 12.0. The van der Waals surface area contributed by atoms with Crippen LogP contribution in [0.15, 0.2) is 12.3 Å². The van der Waals surface area contributed by atoms with Gasteiger partial charge in [0.15, 0.2) is 5.65 Å². The molecule has 0 bridgehead atoms. The van der Waals surface area contributed by atoms with Gasteiger partial charge in [0, 0.05) is 35.6 Å². The second-order valence-corrected chi connectivity index (χ2v) is 4.90. The number of hydrogen-bond donors (Lipinski definition) is 1.